The van der Waals surface area contributed by atoms with Crippen LogP contribution in [0.1, 0.15) is 34.3 Å². The number of fused-ring (bicyclic) bond motifs is 1. The molecule has 1 saturated heterocycles. The number of benzene rings is 3. The van der Waals surface area contributed by atoms with Crippen LogP contribution in [0.25, 0.3) is 10.9 Å². The van der Waals surface area contributed by atoms with Crippen molar-refractivity contribution < 1.29 is 19.4 Å². The number of carboxylic acids is 1. The maximum atomic E-state index is 13.8. The number of esters is 1. The highest BCUT2D eigenvalue weighted by molar-refractivity contribution is 6.31. The summed E-state index contributed by atoms with van der Waals surface area (Å²) in [5.41, 5.74) is 1.07. The third-order valence-electron chi connectivity index (χ3n) is 7.31. The van der Waals surface area contributed by atoms with Crippen molar-refractivity contribution in [2.24, 2.45) is 5.92 Å². The minimum absolute atomic E-state index is 0.284. The molecule has 3 N–H and O–H groups in total. The summed E-state index contributed by atoms with van der Waals surface area (Å²) in [6, 6.07) is 23.9. The Labute approximate surface area is 232 Å². The summed E-state index contributed by atoms with van der Waals surface area (Å²) in [6.45, 7) is 1.86. The Hall–Kier alpha value is -3.94. The van der Waals surface area contributed by atoms with E-state index in [4.69, 9.17) is 16.3 Å². The van der Waals surface area contributed by atoms with Gasteiger partial charge < -0.3 is 20.5 Å². The molecule has 0 radical (unpaired) electrons. The van der Waals surface area contributed by atoms with Crippen molar-refractivity contribution in [3.05, 3.63) is 107 Å². The Kier molecular flexibility index (Phi) is 8.10. The smallest absolute Gasteiger partial charge is 0.353 e. The fourth-order valence-electron chi connectivity index (χ4n) is 5.37. The molecular formula is C31H30ClN3O4. The molecule has 0 bridgehead atoms. The van der Waals surface area contributed by atoms with Gasteiger partial charge in [0.25, 0.3) is 0 Å². The third kappa shape index (κ3) is 5.60. The molecule has 1 atom stereocenters. The Morgan fingerprint density at radius 1 is 1.03 bits per heavy atom. The van der Waals surface area contributed by atoms with Gasteiger partial charge in [-0.3, -0.25) is 4.98 Å². The summed E-state index contributed by atoms with van der Waals surface area (Å²) in [7, 11) is 0. The van der Waals surface area contributed by atoms with E-state index in [0.29, 0.717) is 59.7 Å². The number of anilines is 1. The molecule has 1 aliphatic heterocycles. The molecule has 1 fully saturated rings. The Morgan fingerprint density at radius 3 is 2.54 bits per heavy atom. The lowest BCUT2D eigenvalue weighted by molar-refractivity contribution is -0.169. The first-order valence-electron chi connectivity index (χ1n) is 13.1. The van der Waals surface area contributed by atoms with Crippen LogP contribution in [-0.4, -0.2) is 41.7 Å². The van der Waals surface area contributed by atoms with Gasteiger partial charge in [0.1, 0.15) is 0 Å². The minimum Gasteiger partial charge on any atom is -0.478 e. The number of nitrogens with one attached hydrogen (secondary N) is 2. The normalized spacial score (nSPS) is 15.4. The SMILES string of the molecule is O=C(OC(C(=O)O)(c1ccnc2cc(Cl)ccc12)C1CCNCC1)c1ccccc1NCCc1ccccc1. The summed E-state index contributed by atoms with van der Waals surface area (Å²) in [5, 5.41) is 18.5. The van der Waals surface area contributed by atoms with Crippen molar-refractivity contribution in [1.82, 2.24) is 10.3 Å². The predicted octanol–water partition coefficient (Wildman–Crippen LogP) is 5.68. The number of carbonyl (C=O) groups is 2. The summed E-state index contributed by atoms with van der Waals surface area (Å²) >= 11 is 6.20. The van der Waals surface area contributed by atoms with Gasteiger partial charge in [-0.2, -0.15) is 0 Å². The molecule has 0 spiro atoms. The van der Waals surface area contributed by atoms with Crippen LogP contribution < -0.4 is 10.6 Å². The zero-order chi connectivity index (χ0) is 27.2. The topological polar surface area (TPSA) is 101 Å². The molecular weight excluding hydrogens is 514 g/mol. The monoisotopic (exact) mass is 543 g/mol. The molecule has 4 aromatic rings. The van der Waals surface area contributed by atoms with E-state index in [0.717, 1.165) is 6.42 Å². The zero-order valence-corrected chi connectivity index (χ0v) is 22.2. The number of aromatic nitrogens is 1. The van der Waals surface area contributed by atoms with Gasteiger partial charge in [0.05, 0.1) is 11.1 Å². The van der Waals surface area contributed by atoms with Crippen LogP contribution in [0.3, 0.4) is 0 Å². The van der Waals surface area contributed by atoms with E-state index in [1.54, 1.807) is 48.7 Å². The van der Waals surface area contributed by atoms with Gasteiger partial charge in [-0.1, -0.05) is 60.1 Å². The number of aliphatic carboxylic acids is 1. The minimum atomic E-state index is -1.91. The molecule has 8 heteroatoms. The second-order valence-electron chi connectivity index (χ2n) is 9.68. The molecule has 1 aliphatic rings. The fraction of sp³-hybridized carbons (Fsp3) is 0.258. The van der Waals surface area contributed by atoms with Crippen molar-refractivity contribution in [2.45, 2.75) is 24.9 Å². The number of halogens is 1. The molecule has 5 rings (SSSR count). The largest absolute Gasteiger partial charge is 0.478 e. The van der Waals surface area contributed by atoms with E-state index in [1.807, 2.05) is 36.4 Å². The van der Waals surface area contributed by atoms with Gasteiger partial charge in [0, 0.05) is 40.3 Å². The number of nitrogens with zero attached hydrogens (tertiary/aromatic N) is 1. The van der Waals surface area contributed by atoms with Crippen molar-refractivity contribution in [1.29, 1.82) is 0 Å². The van der Waals surface area contributed by atoms with Crippen LogP contribution in [0.2, 0.25) is 5.02 Å². The van der Waals surface area contributed by atoms with E-state index >= 15 is 0 Å². The highest BCUT2D eigenvalue weighted by Crippen LogP contribution is 2.43. The number of carboxylic acid groups (broad SMARTS) is 1. The number of para-hydroxylation sites is 1. The van der Waals surface area contributed by atoms with Crippen LogP contribution in [0.5, 0.6) is 0 Å². The first-order chi connectivity index (χ1) is 19.0. The van der Waals surface area contributed by atoms with E-state index in [9.17, 15) is 14.7 Å². The van der Waals surface area contributed by atoms with Crippen LogP contribution in [-0.2, 0) is 21.6 Å². The lowest BCUT2D eigenvalue weighted by Gasteiger charge is -2.39. The maximum absolute atomic E-state index is 13.8. The number of hydrogen-bond donors (Lipinski definition) is 3. The van der Waals surface area contributed by atoms with Crippen molar-refractivity contribution >= 4 is 40.1 Å². The lowest BCUT2D eigenvalue weighted by atomic mass is 9.75. The number of rotatable bonds is 9. The van der Waals surface area contributed by atoms with Crippen LogP contribution >= 0.6 is 11.6 Å². The molecule has 0 saturated carbocycles. The fourth-order valence-corrected chi connectivity index (χ4v) is 5.53. The van der Waals surface area contributed by atoms with E-state index in [2.05, 4.69) is 15.6 Å². The second-order valence-corrected chi connectivity index (χ2v) is 10.1. The van der Waals surface area contributed by atoms with E-state index in [-0.39, 0.29) is 5.56 Å². The molecule has 7 nitrogen and oxygen atoms in total. The average molecular weight is 544 g/mol. The lowest BCUT2D eigenvalue weighted by Crippen LogP contribution is -2.50. The van der Waals surface area contributed by atoms with Crippen LogP contribution in [0, 0.1) is 5.92 Å². The van der Waals surface area contributed by atoms with Crippen molar-refractivity contribution in [3.8, 4) is 0 Å². The summed E-state index contributed by atoms with van der Waals surface area (Å²) < 4.78 is 6.19. The molecule has 3 aromatic carbocycles. The van der Waals surface area contributed by atoms with Crippen molar-refractivity contribution in [2.75, 3.05) is 25.0 Å². The molecule has 1 aromatic heterocycles. The third-order valence-corrected chi connectivity index (χ3v) is 7.54. The Balaban J connectivity index is 1.52. The Morgan fingerprint density at radius 2 is 1.77 bits per heavy atom. The van der Waals surface area contributed by atoms with Gasteiger partial charge in [-0.15, -0.1) is 0 Å². The molecule has 2 heterocycles. The van der Waals surface area contributed by atoms with Crippen LogP contribution in [0.4, 0.5) is 5.69 Å². The summed E-state index contributed by atoms with van der Waals surface area (Å²) in [6.07, 6.45) is 3.38. The summed E-state index contributed by atoms with van der Waals surface area (Å²) in [5.74, 6) is -2.35. The van der Waals surface area contributed by atoms with Crippen LogP contribution in [0.15, 0.2) is 85.1 Å². The predicted molar refractivity (Wildman–Crippen MR) is 152 cm³/mol. The number of carbonyl (C=O) groups excluding carboxylic acids is 1. The second kappa shape index (κ2) is 11.8. The van der Waals surface area contributed by atoms with Gasteiger partial charge >= 0.3 is 11.9 Å². The number of hydrogen-bond acceptors (Lipinski definition) is 6. The first-order valence-corrected chi connectivity index (χ1v) is 13.5. The quantitative estimate of drug-likeness (QED) is 0.233. The Bertz CT molecular complexity index is 1470. The average Bonchev–Trinajstić information content (AvgIpc) is 2.96. The maximum Gasteiger partial charge on any atom is 0.353 e. The van der Waals surface area contributed by atoms with E-state index in [1.165, 1.54) is 5.56 Å². The van der Waals surface area contributed by atoms with Gasteiger partial charge in [0.2, 0.25) is 5.60 Å². The molecule has 1 unspecified atom stereocenters. The molecule has 200 valence electrons. The molecule has 0 amide bonds. The van der Waals surface area contributed by atoms with Gasteiger partial charge in [-0.25, -0.2) is 9.59 Å². The van der Waals surface area contributed by atoms with E-state index < -0.39 is 23.5 Å². The highest BCUT2D eigenvalue weighted by atomic mass is 35.5. The molecule has 39 heavy (non-hydrogen) atoms. The first kappa shape index (κ1) is 26.7. The van der Waals surface area contributed by atoms with Crippen molar-refractivity contribution in [3.63, 3.8) is 0 Å². The highest BCUT2D eigenvalue weighted by Gasteiger charge is 2.52. The molecule has 0 aliphatic carbocycles. The number of ether oxygens (including phenoxy) is 1. The number of piperidine rings is 1. The summed E-state index contributed by atoms with van der Waals surface area (Å²) in [4.78, 5) is 31.5. The standard InChI is InChI=1S/C31H30ClN3O4/c32-23-10-11-24-26(15-19-35-28(24)20-23)31(30(37)38,22-13-16-33-17-14-22)39-29(36)25-8-4-5-9-27(25)34-18-12-21-6-2-1-3-7-21/h1-11,15,19-20,22,33-34H,12-14,16-18H2,(H,37,38). The zero-order valence-electron chi connectivity index (χ0n) is 21.4. The van der Waals surface area contributed by atoms with Gasteiger partial charge in [0.15, 0.2) is 0 Å². The van der Waals surface area contributed by atoms with Gasteiger partial charge in [-0.05, 0) is 68.2 Å². The number of pyridine rings is 1.